The zero-order valence-electron chi connectivity index (χ0n) is 10.9. The van der Waals surface area contributed by atoms with E-state index < -0.39 is 0 Å². The Kier molecular flexibility index (Phi) is 3.53. The minimum atomic E-state index is -0.274. The number of aromatic nitrogens is 1. The fraction of sp³-hybridized carbons (Fsp3) is 0.143. The molecule has 0 bridgehead atoms. The third-order valence-corrected chi connectivity index (χ3v) is 3.16. The van der Waals surface area contributed by atoms with Crippen LogP contribution >= 0.6 is 11.6 Å². The van der Waals surface area contributed by atoms with Crippen LogP contribution in [0.3, 0.4) is 0 Å². The molecule has 1 aliphatic rings. The number of carbonyl (C=O) groups is 1. The molecule has 0 radical (unpaired) electrons. The lowest BCUT2D eigenvalue weighted by atomic mass is 10.2. The third kappa shape index (κ3) is 3.00. The Morgan fingerprint density at radius 1 is 1.29 bits per heavy atom. The van der Waals surface area contributed by atoms with Gasteiger partial charge in [0, 0.05) is 12.1 Å². The molecule has 108 valence electrons. The highest BCUT2D eigenvalue weighted by atomic mass is 35.5. The minimum absolute atomic E-state index is 0.184. The van der Waals surface area contributed by atoms with E-state index in [4.69, 9.17) is 26.8 Å². The lowest BCUT2D eigenvalue weighted by Crippen LogP contribution is -2.23. The van der Waals surface area contributed by atoms with Crippen LogP contribution in [0.25, 0.3) is 0 Å². The molecule has 3 rings (SSSR count). The molecular weight excluding hydrogens is 294 g/mol. The molecule has 21 heavy (non-hydrogen) atoms. The van der Waals surface area contributed by atoms with Gasteiger partial charge in [0.2, 0.25) is 6.79 Å². The second-order valence-electron chi connectivity index (χ2n) is 4.47. The van der Waals surface area contributed by atoms with Crippen molar-refractivity contribution in [1.29, 1.82) is 0 Å². The molecular formula is C14H12ClN3O3. The normalized spacial score (nSPS) is 12.2. The molecule has 0 saturated carbocycles. The number of anilines is 1. The van der Waals surface area contributed by atoms with Crippen molar-refractivity contribution in [3.8, 4) is 11.5 Å². The van der Waals surface area contributed by atoms with Crippen LogP contribution in [0.1, 0.15) is 15.9 Å². The Hall–Kier alpha value is -2.47. The Bertz CT molecular complexity index is 686. The van der Waals surface area contributed by atoms with Gasteiger partial charge >= 0.3 is 0 Å². The van der Waals surface area contributed by atoms with Crippen molar-refractivity contribution in [1.82, 2.24) is 10.3 Å². The highest BCUT2D eigenvalue weighted by Crippen LogP contribution is 2.32. The van der Waals surface area contributed by atoms with Crippen molar-refractivity contribution < 1.29 is 14.3 Å². The zero-order valence-corrected chi connectivity index (χ0v) is 11.7. The van der Waals surface area contributed by atoms with Gasteiger partial charge in [-0.05, 0) is 29.8 Å². The number of halogens is 1. The quantitative estimate of drug-likeness (QED) is 0.847. The van der Waals surface area contributed by atoms with Crippen molar-refractivity contribution in [2.45, 2.75) is 6.54 Å². The van der Waals surface area contributed by atoms with Crippen LogP contribution in [0, 0.1) is 0 Å². The summed E-state index contributed by atoms with van der Waals surface area (Å²) in [5, 5.41) is 2.97. The van der Waals surface area contributed by atoms with Gasteiger partial charge in [-0.25, -0.2) is 4.98 Å². The number of fused-ring (bicyclic) bond motifs is 1. The molecule has 2 heterocycles. The van der Waals surface area contributed by atoms with Crippen molar-refractivity contribution >= 4 is 23.3 Å². The van der Waals surface area contributed by atoms with E-state index >= 15 is 0 Å². The van der Waals surface area contributed by atoms with Gasteiger partial charge in [0.05, 0.1) is 0 Å². The molecule has 1 aromatic carbocycles. The number of nitrogens with two attached hydrogens (primary N) is 1. The number of nitrogen functional groups attached to an aromatic ring is 1. The predicted octanol–water partition coefficient (Wildman–Crippen LogP) is 1.98. The van der Waals surface area contributed by atoms with Crippen molar-refractivity contribution in [2.75, 3.05) is 12.5 Å². The van der Waals surface area contributed by atoms with Crippen LogP contribution in [0.2, 0.25) is 5.15 Å². The zero-order chi connectivity index (χ0) is 14.8. The number of hydrogen-bond acceptors (Lipinski definition) is 5. The summed E-state index contributed by atoms with van der Waals surface area (Å²) in [6.45, 7) is 0.579. The summed E-state index contributed by atoms with van der Waals surface area (Å²) in [5.74, 6) is 1.32. The molecule has 0 aliphatic carbocycles. The Morgan fingerprint density at radius 2 is 2.10 bits per heavy atom. The molecule has 6 nitrogen and oxygen atoms in total. The average Bonchev–Trinajstić information content (AvgIpc) is 2.91. The number of benzene rings is 1. The standard InChI is InChI=1S/C14H12ClN3O3/c15-12-4-9(5-13(16)18-12)14(19)17-6-8-1-2-10-11(3-8)21-7-20-10/h1-5H,6-7H2,(H2,16,18)(H,17,19). The van der Waals surface area contributed by atoms with Crippen molar-refractivity contribution in [3.63, 3.8) is 0 Å². The van der Waals surface area contributed by atoms with Crippen molar-refractivity contribution in [2.24, 2.45) is 0 Å². The maximum atomic E-state index is 12.0. The predicted molar refractivity (Wildman–Crippen MR) is 77.4 cm³/mol. The van der Waals surface area contributed by atoms with E-state index in [1.165, 1.54) is 12.1 Å². The van der Waals surface area contributed by atoms with Crippen molar-refractivity contribution in [3.05, 3.63) is 46.6 Å². The summed E-state index contributed by atoms with van der Waals surface area (Å²) in [5.41, 5.74) is 6.83. The summed E-state index contributed by atoms with van der Waals surface area (Å²) in [4.78, 5) is 15.9. The van der Waals surface area contributed by atoms with Gasteiger partial charge in [-0.15, -0.1) is 0 Å². The van der Waals surface area contributed by atoms with Gasteiger partial charge in [-0.1, -0.05) is 17.7 Å². The maximum Gasteiger partial charge on any atom is 0.251 e. The number of rotatable bonds is 3. The Morgan fingerprint density at radius 3 is 2.90 bits per heavy atom. The highest BCUT2D eigenvalue weighted by Gasteiger charge is 2.14. The monoisotopic (exact) mass is 305 g/mol. The lowest BCUT2D eigenvalue weighted by Gasteiger charge is -2.07. The molecule has 2 aromatic rings. The molecule has 0 unspecified atom stereocenters. The number of nitrogens with one attached hydrogen (secondary N) is 1. The topological polar surface area (TPSA) is 86.5 Å². The number of nitrogens with zero attached hydrogens (tertiary/aromatic N) is 1. The third-order valence-electron chi connectivity index (χ3n) is 2.97. The first-order valence-corrected chi connectivity index (χ1v) is 6.59. The van der Waals surface area contributed by atoms with E-state index in [1.54, 1.807) is 0 Å². The van der Waals surface area contributed by atoms with Gasteiger partial charge in [0.25, 0.3) is 5.91 Å². The van der Waals surface area contributed by atoms with E-state index in [-0.39, 0.29) is 23.7 Å². The smallest absolute Gasteiger partial charge is 0.251 e. The Labute approximate surface area is 125 Å². The minimum Gasteiger partial charge on any atom is -0.454 e. The van der Waals surface area contributed by atoms with E-state index in [1.807, 2.05) is 18.2 Å². The van der Waals surface area contributed by atoms with Gasteiger partial charge in [-0.2, -0.15) is 0 Å². The summed E-state index contributed by atoms with van der Waals surface area (Å²) in [6.07, 6.45) is 0. The largest absolute Gasteiger partial charge is 0.454 e. The summed E-state index contributed by atoms with van der Waals surface area (Å²) in [6, 6.07) is 8.44. The fourth-order valence-corrected chi connectivity index (χ4v) is 2.20. The van der Waals surface area contributed by atoms with Gasteiger partial charge in [0.15, 0.2) is 11.5 Å². The van der Waals surface area contributed by atoms with Gasteiger partial charge in [-0.3, -0.25) is 4.79 Å². The molecule has 1 aromatic heterocycles. The van der Waals surface area contributed by atoms with Crippen LogP contribution in [-0.4, -0.2) is 17.7 Å². The van der Waals surface area contributed by atoms with Crippen LogP contribution < -0.4 is 20.5 Å². The molecule has 0 atom stereocenters. The van der Waals surface area contributed by atoms with Crippen LogP contribution in [0.5, 0.6) is 11.5 Å². The molecule has 1 amide bonds. The van der Waals surface area contributed by atoms with E-state index in [2.05, 4.69) is 10.3 Å². The number of carbonyl (C=O) groups excluding carboxylic acids is 1. The average molecular weight is 306 g/mol. The molecule has 7 heteroatoms. The van der Waals surface area contributed by atoms with Crippen LogP contribution in [-0.2, 0) is 6.54 Å². The van der Waals surface area contributed by atoms with Crippen LogP contribution in [0.15, 0.2) is 30.3 Å². The summed E-state index contributed by atoms with van der Waals surface area (Å²) in [7, 11) is 0. The summed E-state index contributed by atoms with van der Waals surface area (Å²) >= 11 is 5.77. The first-order valence-electron chi connectivity index (χ1n) is 6.21. The van der Waals surface area contributed by atoms with E-state index in [0.29, 0.717) is 23.6 Å². The second kappa shape index (κ2) is 5.49. The van der Waals surface area contributed by atoms with Crippen LogP contribution in [0.4, 0.5) is 5.82 Å². The first kappa shape index (κ1) is 13.5. The number of hydrogen-bond donors (Lipinski definition) is 2. The van der Waals surface area contributed by atoms with Gasteiger partial charge < -0.3 is 20.5 Å². The highest BCUT2D eigenvalue weighted by molar-refractivity contribution is 6.29. The second-order valence-corrected chi connectivity index (χ2v) is 4.86. The molecule has 0 saturated heterocycles. The number of pyridine rings is 1. The SMILES string of the molecule is Nc1cc(C(=O)NCc2ccc3c(c2)OCO3)cc(Cl)n1. The molecule has 0 fully saturated rings. The maximum absolute atomic E-state index is 12.0. The fourth-order valence-electron chi connectivity index (χ4n) is 1.98. The number of amides is 1. The summed E-state index contributed by atoms with van der Waals surface area (Å²) < 4.78 is 10.5. The number of ether oxygens (including phenoxy) is 2. The molecule has 1 aliphatic heterocycles. The van der Waals surface area contributed by atoms with Gasteiger partial charge in [0.1, 0.15) is 11.0 Å². The van der Waals surface area contributed by atoms with E-state index in [0.717, 1.165) is 5.56 Å². The molecule has 3 N–H and O–H groups in total. The Balaban J connectivity index is 1.68. The molecule has 0 spiro atoms. The lowest BCUT2D eigenvalue weighted by molar-refractivity contribution is 0.0950. The first-order chi connectivity index (χ1) is 10.1. The van der Waals surface area contributed by atoms with E-state index in [9.17, 15) is 4.79 Å².